The van der Waals surface area contributed by atoms with E-state index in [1.165, 1.54) is 0 Å². The second-order valence-electron chi connectivity index (χ2n) is 4.47. The molecule has 15 heavy (non-hydrogen) atoms. The Balaban J connectivity index is 2.48. The average molecular weight is 210 g/mol. The number of allylic oxidation sites excluding steroid dienone is 1. The molecule has 0 aliphatic heterocycles. The molecular weight excluding hydrogens is 188 g/mol. The number of ether oxygens (including phenoxy) is 1. The van der Waals surface area contributed by atoms with Gasteiger partial charge in [-0.2, -0.15) is 0 Å². The van der Waals surface area contributed by atoms with Gasteiger partial charge in [0.15, 0.2) is 0 Å². The molecule has 1 aliphatic carbocycles. The predicted molar refractivity (Wildman–Crippen MR) is 61.6 cm³/mol. The van der Waals surface area contributed by atoms with Gasteiger partial charge in [-0.05, 0) is 25.7 Å². The second-order valence-corrected chi connectivity index (χ2v) is 4.47. The molecule has 0 unspecified atom stereocenters. The molecule has 0 amide bonds. The monoisotopic (exact) mass is 210 g/mol. The van der Waals surface area contributed by atoms with E-state index in [1.54, 1.807) is 0 Å². The fourth-order valence-corrected chi connectivity index (χ4v) is 2.28. The lowest BCUT2D eigenvalue weighted by Crippen LogP contribution is -2.29. The Hall–Kier alpha value is -0.790. The molecule has 0 N–H and O–H groups in total. The minimum Gasteiger partial charge on any atom is -0.465 e. The number of carbonyl (C=O) groups is 1. The molecule has 1 fully saturated rings. The summed E-state index contributed by atoms with van der Waals surface area (Å²) in [4.78, 5) is 12.0. The number of hydrogen-bond donors (Lipinski definition) is 0. The number of hydrogen-bond acceptors (Lipinski definition) is 2. The van der Waals surface area contributed by atoms with Gasteiger partial charge in [-0.1, -0.05) is 32.3 Å². The van der Waals surface area contributed by atoms with Crippen LogP contribution in [0.25, 0.3) is 0 Å². The first-order chi connectivity index (χ1) is 7.25. The molecule has 1 saturated carbocycles. The standard InChI is InChI=1S/C13H22O2/c1-3-5-11-15-12(14)13(8-4-2)9-6-7-10-13/h4H,2-3,5-11H2,1H3. The maximum absolute atomic E-state index is 12.0. The average Bonchev–Trinajstić information content (AvgIpc) is 2.68. The van der Waals surface area contributed by atoms with Crippen LogP contribution >= 0.6 is 0 Å². The molecule has 1 rings (SSSR count). The zero-order valence-electron chi connectivity index (χ0n) is 9.76. The van der Waals surface area contributed by atoms with E-state index in [4.69, 9.17) is 4.74 Å². The minimum absolute atomic E-state index is 0.00773. The molecule has 0 heterocycles. The van der Waals surface area contributed by atoms with E-state index in [0.29, 0.717) is 6.61 Å². The molecular formula is C13H22O2. The van der Waals surface area contributed by atoms with Crippen molar-refractivity contribution in [2.75, 3.05) is 6.61 Å². The summed E-state index contributed by atoms with van der Waals surface area (Å²) in [6, 6.07) is 0. The lowest BCUT2D eigenvalue weighted by Gasteiger charge is -2.24. The van der Waals surface area contributed by atoms with Crippen LogP contribution in [-0.4, -0.2) is 12.6 Å². The van der Waals surface area contributed by atoms with Crippen LogP contribution < -0.4 is 0 Å². The molecule has 2 heteroatoms. The van der Waals surface area contributed by atoms with Crippen LogP contribution in [-0.2, 0) is 9.53 Å². The van der Waals surface area contributed by atoms with Crippen LogP contribution in [0.2, 0.25) is 0 Å². The maximum Gasteiger partial charge on any atom is 0.312 e. The molecule has 0 atom stereocenters. The van der Waals surface area contributed by atoms with Gasteiger partial charge in [-0.25, -0.2) is 0 Å². The molecule has 1 aliphatic rings. The summed E-state index contributed by atoms with van der Waals surface area (Å²) >= 11 is 0. The third-order valence-corrected chi connectivity index (χ3v) is 3.26. The van der Waals surface area contributed by atoms with Gasteiger partial charge < -0.3 is 4.74 Å². The smallest absolute Gasteiger partial charge is 0.312 e. The van der Waals surface area contributed by atoms with Gasteiger partial charge >= 0.3 is 5.97 Å². The van der Waals surface area contributed by atoms with Crippen LogP contribution in [0.4, 0.5) is 0 Å². The number of unbranched alkanes of at least 4 members (excludes halogenated alkanes) is 1. The van der Waals surface area contributed by atoms with E-state index in [-0.39, 0.29) is 11.4 Å². The zero-order valence-corrected chi connectivity index (χ0v) is 9.76. The van der Waals surface area contributed by atoms with E-state index in [2.05, 4.69) is 13.5 Å². The highest BCUT2D eigenvalue weighted by Gasteiger charge is 2.41. The highest BCUT2D eigenvalue weighted by molar-refractivity contribution is 5.77. The van der Waals surface area contributed by atoms with Crippen LogP contribution in [0.1, 0.15) is 51.9 Å². The Kier molecular flexibility index (Phi) is 4.86. The van der Waals surface area contributed by atoms with E-state index < -0.39 is 0 Å². The van der Waals surface area contributed by atoms with Crippen molar-refractivity contribution in [3.63, 3.8) is 0 Å². The van der Waals surface area contributed by atoms with E-state index in [1.807, 2.05) is 6.08 Å². The SMILES string of the molecule is C=CCC1(C(=O)OCCCC)CCCC1. The Morgan fingerprint density at radius 2 is 2.13 bits per heavy atom. The molecule has 0 radical (unpaired) electrons. The topological polar surface area (TPSA) is 26.3 Å². The molecule has 0 aromatic rings. The molecule has 86 valence electrons. The first-order valence-corrected chi connectivity index (χ1v) is 6.03. The fourth-order valence-electron chi connectivity index (χ4n) is 2.28. The van der Waals surface area contributed by atoms with E-state index in [9.17, 15) is 4.79 Å². The zero-order chi connectivity index (χ0) is 11.1. The quantitative estimate of drug-likeness (QED) is 0.381. The summed E-state index contributed by atoms with van der Waals surface area (Å²) in [5.41, 5.74) is -0.227. The lowest BCUT2D eigenvalue weighted by molar-refractivity contribution is -0.155. The van der Waals surface area contributed by atoms with Gasteiger partial charge in [0.2, 0.25) is 0 Å². The van der Waals surface area contributed by atoms with Crippen molar-refractivity contribution in [1.82, 2.24) is 0 Å². The summed E-state index contributed by atoms with van der Waals surface area (Å²) in [5, 5.41) is 0. The van der Waals surface area contributed by atoms with Gasteiger partial charge in [0.25, 0.3) is 0 Å². The summed E-state index contributed by atoms with van der Waals surface area (Å²) in [5.74, 6) is 0.00773. The van der Waals surface area contributed by atoms with Crippen molar-refractivity contribution < 1.29 is 9.53 Å². The Bertz CT molecular complexity index is 215. The van der Waals surface area contributed by atoms with Crippen molar-refractivity contribution in [1.29, 1.82) is 0 Å². The van der Waals surface area contributed by atoms with Crippen LogP contribution in [0.15, 0.2) is 12.7 Å². The molecule has 2 nitrogen and oxygen atoms in total. The van der Waals surface area contributed by atoms with Crippen molar-refractivity contribution >= 4 is 5.97 Å². The highest BCUT2D eigenvalue weighted by Crippen LogP contribution is 2.42. The van der Waals surface area contributed by atoms with Gasteiger partial charge in [-0.15, -0.1) is 6.58 Å². The summed E-state index contributed by atoms with van der Waals surface area (Å²) in [7, 11) is 0. The number of carbonyl (C=O) groups excluding carboxylic acids is 1. The second kappa shape index (κ2) is 5.94. The minimum atomic E-state index is -0.227. The van der Waals surface area contributed by atoms with Crippen LogP contribution in [0.3, 0.4) is 0 Å². The van der Waals surface area contributed by atoms with Crippen molar-refractivity contribution in [3.8, 4) is 0 Å². The predicted octanol–water partition coefficient (Wildman–Crippen LogP) is 3.47. The van der Waals surface area contributed by atoms with Gasteiger partial charge in [0, 0.05) is 0 Å². The normalized spacial score (nSPS) is 18.7. The summed E-state index contributed by atoms with van der Waals surface area (Å²) in [6.07, 6.45) is 8.92. The van der Waals surface area contributed by atoms with Gasteiger partial charge in [0.1, 0.15) is 0 Å². The van der Waals surface area contributed by atoms with Crippen molar-refractivity contribution in [2.45, 2.75) is 51.9 Å². The molecule has 0 saturated heterocycles. The first-order valence-electron chi connectivity index (χ1n) is 6.03. The van der Waals surface area contributed by atoms with Crippen LogP contribution in [0.5, 0.6) is 0 Å². The summed E-state index contributed by atoms with van der Waals surface area (Å²) in [6.45, 7) is 6.42. The molecule has 0 spiro atoms. The summed E-state index contributed by atoms with van der Waals surface area (Å²) < 4.78 is 5.34. The fraction of sp³-hybridized carbons (Fsp3) is 0.769. The third kappa shape index (κ3) is 3.08. The van der Waals surface area contributed by atoms with Gasteiger partial charge in [-0.3, -0.25) is 4.79 Å². The van der Waals surface area contributed by atoms with E-state index >= 15 is 0 Å². The Labute approximate surface area is 92.7 Å². The lowest BCUT2D eigenvalue weighted by atomic mass is 9.83. The van der Waals surface area contributed by atoms with Gasteiger partial charge in [0.05, 0.1) is 12.0 Å². The van der Waals surface area contributed by atoms with E-state index in [0.717, 1.165) is 44.9 Å². The molecule has 0 aromatic carbocycles. The highest BCUT2D eigenvalue weighted by atomic mass is 16.5. The van der Waals surface area contributed by atoms with Crippen molar-refractivity contribution in [2.24, 2.45) is 5.41 Å². The maximum atomic E-state index is 12.0. The van der Waals surface area contributed by atoms with Crippen molar-refractivity contribution in [3.05, 3.63) is 12.7 Å². The first kappa shape index (κ1) is 12.3. The molecule has 0 aromatic heterocycles. The largest absolute Gasteiger partial charge is 0.465 e. The molecule has 0 bridgehead atoms. The number of rotatable bonds is 6. The Morgan fingerprint density at radius 1 is 1.47 bits per heavy atom. The van der Waals surface area contributed by atoms with Crippen LogP contribution in [0, 0.1) is 5.41 Å². The Morgan fingerprint density at radius 3 is 2.67 bits per heavy atom. The number of esters is 1. The third-order valence-electron chi connectivity index (χ3n) is 3.26.